The van der Waals surface area contributed by atoms with Crippen LogP contribution in [-0.2, 0) is 19.3 Å². The van der Waals surface area contributed by atoms with Gasteiger partial charge in [-0.25, -0.2) is 0 Å². The Morgan fingerprint density at radius 1 is 0.514 bits per heavy atom. The van der Waals surface area contributed by atoms with E-state index in [0.717, 1.165) is 56.3 Å². The van der Waals surface area contributed by atoms with Gasteiger partial charge in [0.25, 0.3) is 0 Å². The molecule has 0 aliphatic carbocycles. The molecule has 0 spiro atoms. The van der Waals surface area contributed by atoms with Crippen LogP contribution in [0.5, 0.6) is 17.2 Å². The lowest BCUT2D eigenvalue weighted by Crippen LogP contribution is -2.10. The lowest BCUT2D eigenvalue weighted by molar-refractivity contribution is 0.287. The predicted octanol–water partition coefficient (Wildman–Crippen LogP) is 6.70. The fourth-order valence-corrected chi connectivity index (χ4v) is 4.79. The van der Waals surface area contributed by atoms with Crippen molar-refractivity contribution < 1.29 is 18.5 Å². The Labute approximate surface area is 234 Å². The van der Waals surface area contributed by atoms with E-state index in [4.69, 9.17) is 14.2 Å². The lowest BCUT2D eigenvalue weighted by atomic mass is 9.97. The van der Waals surface area contributed by atoms with Crippen molar-refractivity contribution in [2.75, 3.05) is 19.8 Å². The number of hydrogen-bond acceptors (Lipinski definition) is 3. The highest BCUT2D eigenvalue weighted by molar-refractivity contribution is 5.76. The first-order chi connectivity index (χ1) is 16.4. The molecular weight excluding hydrogens is 453 g/mol. The van der Waals surface area contributed by atoms with E-state index in [1.54, 1.807) is 0 Å². The predicted molar refractivity (Wildman–Crippen MR) is 164 cm³/mol. The summed E-state index contributed by atoms with van der Waals surface area (Å²) in [4.78, 5) is 0. The van der Waals surface area contributed by atoms with E-state index >= 15 is 0 Å². The maximum atomic E-state index is 5.56. The summed E-state index contributed by atoms with van der Waals surface area (Å²) in [5.74, 6) is 3.32. The lowest BCUT2D eigenvalue weighted by Gasteiger charge is -2.19. The number of benzene rings is 3. The van der Waals surface area contributed by atoms with Crippen LogP contribution in [0.1, 0.15) is 60.8 Å². The van der Waals surface area contributed by atoms with E-state index in [9.17, 15) is 0 Å². The molecule has 195 valence electrons. The van der Waals surface area contributed by atoms with Gasteiger partial charge in [-0.3, -0.25) is 0 Å². The number of hydrogen-bond donors (Lipinski definition) is 0. The molecule has 0 bridgehead atoms. The molecule has 3 aliphatic rings. The van der Waals surface area contributed by atoms with Crippen LogP contribution in [0.25, 0.3) is 0 Å². The molecule has 3 aromatic carbocycles. The normalized spacial score (nSPS) is 13.5. The van der Waals surface area contributed by atoms with E-state index in [1.807, 2.05) is 0 Å². The average Bonchev–Trinajstić information content (AvgIpc) is 3.53. The van der Waals surface area contributed by atoms with Crippen LogP contribution in [0.4, 0.5) is 0 Å². The fourth-order valence-electron chi connectivity index (χ4n) is 4.79. The average molecular weight is 500 g/mol. The highest BCUT2D eigenvalue weighted by Gasteiger charge is 2.15. The third-order valence-corrected chi connectivity index (χ3v) is 7.47. The molecular formula is C31H44B3O3. The number of fused-ring (bicyclic) bond motifs is 3. The largest absolute Gasteiger partial charge is 0.493 e. The van der Waals surface area contributed by atoms with Gasteiger partial charge in [0.05, 0.1) is 19.8 Å². The molecule has 9 radical (unpaired) electrons. The van der Waals surface area contributed by atoms with E-state index in [2.05, 4.69) is 77.9 Å². The van der Waals surface area contributed by atoms with Crippen molar-refractivity contribution in [2.45, 2.75) is 67.2 Å². The molecule has 3 aromatic rings. The van der Waals surface area contributed by atoms with Crippen molar-refractivity contribution in [3.8, 4) is 17.2 Å². The Hall–Kier alpha value is -2.75. The molecule has 37 heavy (non-hydrogen) atoms. The summed E-state index contributed by atoms with van der Waals surface area (Å²) in [7, 11) is 0. The minimum absolute atomic E-state index is 0. The summed E-state index contributed by atoms with van der Waals surface area (Å²) in [6, 6.07) is 12.8. The molecule has 6 heteroatoms. The van der Waals surface area contributed by atoms with E-state index < -0.39 is 0 Å². The van der Waals surface area contributed by atoms with Crippen LogP contribution < -0.4 is 14.2 Å². The molecule has 0 fully saturated rings. The zero-order valence-corrected chi connectivity index (χ0v) is 23.4. The third kappa shape index (κ3) is 7.18. The highest BCUT2D eigenvalue weighted by Crippen LogP contribution is 2.31. The second-order valence-electron chi connectivity index (χ2n) is 9.61. The molecule has 3 nitrogen and oxygen atoms in total. The first kappa shape index (κ1) is 32.3. The minimum atomic E-state index is 0. The topological polar surface area (TPSA) is 27.7 Å². The second-order valence-corrected chi connectivity index (χ2v) is 9.61. The van der Waals surface area contributed by atoms with Crippen LogP contribution in [0.3, 0.4) is 0 Å². The Bertz CT molecular complexity index is 1140. The summed E-state index contributed by atoms with van der Waals surface area (Å²) in [6.07, 6.45) is 4.51. The molecule has 0 saturated heterocycles. The van der Waals surface area contributed by atoms with E-state index in [0.29, 0.717) is 0 Å². The van der Waals surface area contributed by atoms with Crippen molar-refractivity contribution in [1.29, 1.82) is 0 Å². The summed E-state index contributed by atoms with van der Waals surface area (Å²) in [5, 5.41) is 0. The molecule has 3 heterocycles. The Kier molecular flexibility index (Phi) is 12.4. The van der Waals surface area contributed by atoms with Gasteiger partial charge in [0.15, 0.2) is 0 Å². The van der Waals surface area contributed by atoms with E-state index in [1.165, 1.54) is 56.5 Å². The van der Waals surface area contributed by atoms with Crippen LogP contribution in [0.15, 0.2) is 36.4 Å². The molecule has 0 amide bonds. The smallest absolute Gasteiger partial charge is 0.125 e. The van der Waals surface area contributed by atoms with Gasteiger partial charge < -0.3 is 14.2 Å². The molecule has 0 N–H and O–H groups in total. The molecule has 0 aromatic heterocycles. The Balaban J connectivity index is -0.000000478. The van der Waals surface area contributed by atoms with Crippen LogP contribution in [0, 0.1) is 41.5 Å². The van der Waals surface area contributed by atoms with Gasteiger partial charge in [0, 0.05) is 47.9 Å². The van der Waals surface area contributed by atoms with Gasteiger partial charge in [0.2, 0.25) is 0 Å². The van der Waals surface area contributed by atoms with E-state index in [-0.39, 0.29) is 29.5 Å². The first-order valence-electron chi connectivity index (χ1n) is 12.5. The maximum absolute atomic E-state index is 5.56. The maximum Gasteiger partial charge on any atom is 0.125 e. The SMILES string of the molecule is Cc1ccc2c(c1C)CCCO2.Cc1ccc2c(c1C)CCO2.Cc1ccc2c(c1C)OCC2.[2HH].[2HH].[2HH].[B].[B].[B]. The third-order valence-electron chi connectivity index (χ3n) is 7.47. The summed E-state index contributed by atoms with van der Waals surface area (Å²) < 4.78 is 16.5. The number of aryl methyl sites for hydroxylation is 3. The summed E-state index contributed by atoms with van der Waals surface area (Å²) in [5.41, 5.74) is 12.4. The second kappa shape index (κ2) is 14.3. The number of rotatable bonds is 0. The van der Waals surface area contributed by atoms with Gasteiger partial charge in [-0.05, 0) is 111 Å². The summed E-state index contributed by atoms with van der Waals surface area (Å²) in [6.45, 7) is 15.5. The Morgan fingerprint density at radius 2 is 1.00 bits per heavy atom. The van der Waals surface area contributed by atoms with Crippen molar-refractivity contribution in [3.05, 3.63) is 86.5 Å². The minimum Gasteiger partial charge on any atom is -0.493 e. The monoisotopic (exact) mass is 500 g/mol. The highest BCUT2D eigenvalue weighted by atomic mass is 16.5. The van der Waals surface area contributed by atoms with Gasteiger partial charge in [-0.15, -0.1) is 0 Å². The quantitative estimate of drug-likeness (QED) is 0.322. The van der Waals surface area contributed by atoms with Gasteiger partial charge in [-0.1, -0.05) is 24.3 Å². The van der Waals surface area contributed by atoms with Crippen LogP contribution in [0.2, 0.25) is 0 Å². The van der Waals surface area contributed by atoms with Crippen LogP contribution >= 0.6 is 0 Å². The van der Waals surface area contributed by atoms with Crippen LogP contribution in [-0.4, -0.2) is 45.1 Å². The Morgan fingerprint density at radius 3 is 1.62 bits per heavy atom. The molecule has 0 unspecified atom stereocenters. The van der Waals surface area contributed by atoms with Crippen molar-refractivity contribution in [2.24, 2.45) is 0 Å². The first-order valence-corrected chi connectivity index (χ1v) is 12.5. The zero-order chi connectivity index (χ0) is 24.2. The number of ether oxygens (including phenoxy) is 3. The fraction of sp³-hybridized carbons (Fsp3) is 0.419. The molecule has 0 saturated carbocycles. The van der Waals surface area contributed by atoms with Gasteiger partial charge >= 0.3 is 0 Å². The molecule has 3 aliphatic heterocycles. The zero-order valence-electron chi connectivity index (χ0n) is 23.4. The van der Waals surface area contributed by atoms with Gasteiger partial charge in [0.1, 0.15) is 17.2 Å². The van der Waals surface area contributed by atoms with Crippen molar-refractivity contribution >= 4 is 25.2 Å². The van der Waals surface area contributed by atoms with Crippen molar-refractivity contribution in [3.63, 3.8) is 0 Å². The molecule has 6 rings (SSSR count). The van der Waals surface area contributed by atoms with Gasteiger partial charge in [-0.2, -0.15) is 0 Å². The summed E-state index contributed by atoms with van der Waals surface area (Å²) >= 11 is 0. The standard InChI is InChI=1S/C11H14O.2C10H12O.3B.3H2/c1-8-5-6-11-10(9(8)2)4-3-7-12-11;1-7-3-4-10-9(8(7)2)5-6-11-10;1-7-3-4-9-5-6-11-10(9)8(7)2;;;;;;/h5-6H,3-4,7H2,1-2H3;2*3-4H,5-6H2,1-2H3;;;;3*1H/i;;;;;;3*1+1. The molecule has 0 atom stereocenters. The van der Waals surface area contributed by atoms with Crippen molar-refractivity contribution in [1.82, 2.24) is 0 Å².